The number of hydrogen-bond acceptors (Lipinski definition) is 6. The zero-order valence-corrected chi connectivity index (χ0v) is 14.7. The molecule has 0 aliphatic carbocycles. The first kappa shape index (κ1) is 19.8. The molecule has 140 valence electrons. The standard InChI is InChI=1S/C18H23N3O5/c1-19(9-10-20-11-16(21(24)25)7-8-18(20)23)12-17(22)14-26-13-15-5-3-2-4-6-15/h2-8,11,17,22H,9-10,12-14H2,1H3/t17-/m1/s1. The van der Waals surface area contributed by atoms with Gasteiger partial charge < -0.3 is 19.3 Å². The zero-order chi connectivity index (χ0) is 18.9. The van der Waals surface area contributed by atoms with Crippen molar-refractivity contribution in [2.24, 2.45) is 0 Å². The van der Waals surface area contributed by atoms with Crippen molar-refractivity contribution >= 4 is 5.69 Å². The summed E-state index contributed by atoms with van der Waals surface area (Å²) in [6, 6.07) is 12.1. The van der Waals surface area contributed by atoms with Crippen LogP contribution >= 0.6 is 0 Å². The smallest absolute Gasteiger partial charge is 0.285 e. The van der Waals surface area contributed by atoms with E-state index >= 15 is 0 Å². The first-order valence-electron chi connectivity index (χ1n) is 8.29. The number of likely N-dealkylation sites (N-methyl/N-ethyl adjacent to an activating group) is 1. The van der Waals surface area contributed by atoms with Gasteiger partial charge in [0.25, 0.3) is 11.2 Å². The molecule has 0 aliphatic heterocycles. The maximum absolute atomic E-state index is 11.8. The van der Waals surface area contributed by atoms with Gasteiger partial charge in [0.2, 0.25) is 0 Å². The predicted molar refractivity (Wildman–Crippen MR) is 97.0 cm³/mol. The van der Waals surface area contributed by atoms with Crippen LogP contribution in [0.1, 0.15) is 5.56 Å². The third-order valence-electron chi connectivity index (χ3n) is 3.85. The van der Waals surface area contributed by atoms with Crippen LogP contribution in [0, 0.1) is 10.1 Å². The van der Waals surface area contributed by atoms with E-state index in [0.717, 1.165) is 5.56 Å². The van der Waals surface area contributed by atoms with Crippen LogP contribution in [0.4, 0.5) is 5.69 Å². The molecule has 0 bridgehead atoms. The van der Waals surface area contributed by atoms with Gasteiger partial charge in [0.1, 0.15) is 0 Å². The third kappa shape index (κ3) is 6.40. The monoisotopic (exact) mass is 361 g/mol. The molecule has 0 unspecified atom stereocenters. The van der Waals surface area contributed by atoms with Crippen LogP contribution in [-0.4, -0.2) is 52.3 Å². The van der Waals surface area contributed by atoms with E-state index in [2.05, 4.69) is 0 Å². The van der Waals surface area contributed by atoms with E-state index in [0.29, 0.717) is 26.2 Å². The fourth-order valence-electron chi connectivity index (χ4n) is 2.47. The summed E-state index contributed by atoms with van der Waals surface area (Å²) in [7, 11) is 1.81. The molecule has 1 heterocycles. The fraction of sp³-hybridized carbons (Fsp3) is 0.389. The van der Waals surface area contributed by atoms with Crippen molar-refractivity contribution in [2.45, 2.75) is 19.3 Å². The molecule has 0 radical (unpaired) electrons. The van der Waals surface area contributed by atoms with E-state index in [9.17, 15) is 20.0 Å². The van der Waals surface area contributed by atoms with E-state index in [1.807, 2.05) is 42.3 Å². The van der Waals surface area contributed by atoms with Gasteiger partial charge >= 0.3 is 0 Å². The number of hydrogen-bond donors (Lipinski definition) is 1. The van der Waals surface area contributed by atoms with Crippen LogP contribution in [0.25, 0.3) is 0 Å². The molecule has 2 aromatic rings. The number of nitrogens with zero attached hydrogens (tertiary/aromatic N) is 3. The largest absolute Gasteiger partial charge is 0.389 e. The van der Waals surface area contributed by atoms with Crippen molar-refractivity contribution in [3.63, 3.8) is 0 Å². The summed E-state index contributed by atoms with van der Waals surface area (Å²) < 4.78 is 6.80. The number of aliphatic hydroxyl groups excluding tert-OH is 1. The minimum Gasteiger partial charge on any atom is -0.389 e. The molecule has 0 saturated heterocycles. The summed E-state index contributed by atoms with van der Waals surface area (Å²) in [5, 5.41) is 20.8. The normalized spacial score (nSPS) is 12.3. The molecule has 8 nitrogen and oxygen atoms in total. The molecule has 0 fully saturated rings. The van der Waals surface area contributed by atoms with E-state index < -0.39 is 11.0 Å². The van der Waals surface area contributed by atoms with Gasteiger partial charge in [0.15, 0.2) is 0 Å². The van der Waals surface area contributed by atoms with Crippen LogP contribution in [0.5, 0.6) is 0 Å². The van der Waals surface area contributed by atoms with Crippen LogP contribution in [0.2, 0.25) is 0 Å². The number of aliphatic hydroxyl groups is 1. The first-order valence-corrected chi connectivity index (χ1v) is 8.29. The van der Waals surface area contributed by atoms with E-state index in [4.69, 9.17) is 4.74 Å². The lowest BCUT2D eigenvalue weighted by molar-refractivity contribution is -0.385. The molecule has 0 amide bonds. The Labute approximate surface area is 151 Å². The average molecular weight is 361 g/mol. The maximum atomic E-state index is 11.8. The highest BCUT2D eigenvalue weighted by Crippen LogP contribution is 2.06. The molecule has 0 saturated carbocycles. The molecule has 1 atom stereocenters. The molecule has 2 rings (SSSR count). The summed E-state index contributed by atoms with van der Waals surface area (Å²) in [4.78, 5) is 23.9. The van der Waals surface area contributed by atoms with Gasteiger partial charge in [0.05, 0.1) is 30.4 Å². The van der Waals surface area contributed by atoms with Gasteiger partial charge in [-0.15, -0.1) is 0 Å². The van der Waals surface area contributed by atoms with Gasteiger partial charge in [-0.2, -0.15) is 0 Å². The Hall–Kier alpha value is -2.55. The van der Waals surface area contributed by atoms with Crippen molar-refractivity contribution in [3.05, 3.63) is 74.7 Å². The second-order valence-electron chi connectivity index (χ2n) is 6.09. The Kier molecular flexibility index (Phi) is 7.46. The van der Waals surface area contributed by atoms with E-state index in [1.54, 1.807) is 0 Å². The predicted octanol–water partition coefficient (Wildman–Crippen LogP) is 1.27. The summed E-state index contributed by atoms with van der Waals surface area (Å²) in [6.45, 7) is 1.78. The third-order valence-corrected chi connectivity index (χ3v) is 3.85. The topological polar surface area (TPSA) is 97.8 Å². The summed E-state index contributed by atoms with van der Waals surface area (Å²) >= 11 is 0. The van der Waals surface area contributed by atoms with Gasteiger partial charge in [-0.3, -0.25) is 14.9 Å². The number of nitro groups is 1. The molecule has 1 aromatic heterocycles. The first-order chi connectivity index (χ1) is 12.5. The second kappa shape index (κ2) is 9.81. The van der Waals surface area contributed by atoms with Crippen molar-refractivity contribution in [2.75, 3.05) is 26.7 Å². The van der Waals surface area contributed by atoms with Crippen LogP contribution in [0.3, 0.4) is 0 Å². The Bertz CT molecular complexity index is 763. The molecule has 0 spiro atoms. The Morgan fingerprint density at radius 3 is 2.69 bits per heavy atom. The van der Waals surface area contributed by atoms with E-state index in [-0.39, 0.29) is 17.9 Å². The van der Waals surface area contributed by atoms with Gasteiger partial charge in [-0.25, -0.2) is 0 Å². The number of pyridine rings is 1. The lowest BCUT2D eigenvalue weighted by atomic mass is 10.2. The number of aromatic nitrogens is 1. The summed E-state index contributed by atoms with van der Waals surface area (Å²) in [5.41, 5.74) is 0.621. The van der Waals surface area contributed by atoms with Gasteiger partial charge in [-0.05, 0) is 12.6 Å². The zero-order valence-electron chi connectivity index (χ0n) is 14.7. The molecular weight excluding hydrogens is 338 g/mol. The Morgan fingerprint density at radius 1 is 1.27 bits per heavy atom. The summed E-state index contributed by atoms with van der Waals surface area (Å²) in [5.74, 6) is 0. The fourth-order valence-corrected chi connectivity index (χ4v) is 2.47. The molecule has 26 heavy (non-hydrogen) atoms. The van der Waals surface area contributed by atoms with Crippen molar-refractivity contribution in [1.29, 1.82) is 0 Å². The number of ether oxygens (including phenoxy) is 1. The Morgan fingerprint density at radius 2 is 2.00 bits per heavy atom. The second-order valence-corrected chi connectivity index (χ2v) is 6.09. The van der Waals surface area contributed by atoms with Gasteiger partial charge in [0, 0.05) is 31.8 Å². The molecule has 1 aromatic carbocycles. The van der Waals surface area contributed by atoms with Crippen LogP contribution in [-0.2, 0) is 17.9 Å². The highest BCUT2D eigenvalue weighted by atomic mass is 16.6. The lowest BCUT2D eigenvalue weighted by Crippen LogP contribution is -2.35. The van der Waals surface area contributed by atoms with Crippen molar-refractivity contribution in [1.82, 2.24) is 9.47 Å². The minimum absolute atomic E-state index is 0.124. The minimum atomic E-state index is -0.662. The van der Waals surface area contributed by atoms with Crippen molar-refractivity contribution in [3.8, 4) is 0 Å². The Balaban J connectivity index is 1.74. The molecular formula is C18H23N3O5. The molecule has 0 aliphatic rings. The summed E-state index contributed by atoms with van der Waals surface area (Å²) in [6.07, 6.45) is 0.570. The van der Waals surface area contributed by atoms with Gasteiger partial charge in [-0.1, -0.05) is 30.3 Å². The number of benzene rings is 1. The highest BCUT2D eigenvalue weighted by Gasteiger charge is 2.11. The molecule has 8 heteroatoms. The highest BCUT2D eigenvalue weighted by molar-refractivity contribution is 5.24. The van der Waals surface area contributed by atoms with E-state index in [1.165, 1.54) is 22.9 Å². The molecule has 1 N–H and O–H groups in total. The lowest BCUT2D eigenvalue weighted by Gasteiger charge is -2.21. The van der Waals surface area contributed by atoms with Crippen LogP contribution in [0.15, 0.2) is 53.5 Å². The SMILES string of the molecule is CN(CCn1cc([N+](=O)[O-])ccc1=O)C[C@@H](O)COCc1ccccc1. The van der Waals surface area contributed by atoms with Crippen molar-refractivity contribution < 1.29 is 14.8 Å². The van der Waals surface area contributed by atoms with Crippen LogP contribution < -0.4 is 5.56 Å². The average Bonchev–Trinajstić information content (AvgIpc) is 2.61. The quantitative estimate of drug-likeness (QED) is 0.505. The number of rotatable bonds is 10. The maximum Gasteiger partial charge on any atom is 0.285 e.